The number of hydrogen-bond acceptors (Lipinski definition) is 3. The van der Waals surface area contributed by atoms with E-state index in [1.54, 1.807) is 20.0 Å². The van der Waals surface area contributed by atoms with E-state index in [9.17, 15) is 9.59 Å². The highest BCUT2D eigenvalue weighted by atomic mass is 16.5. The summed E-state index contributed by atoms with van der Waals surface area (Å²) in [6.07, 6.45) is 0. The maximum Gasteiger partial charge on any atom is 0.325 e. The van der Waals surface area contributed by atoms with Crippen molar-refractivity contribution in [1.29, 1.82) is 0 Å². The standard InChI is InChI=1S/C14H19NO3/c1-5-18-13(16)9-15(4)14(17)12-7-6-10(2)11(3)8-12/h6-8H,5,9H2,1-4H3. The van der Waals surface area contributed by atoms with Crippen molar-refractivity contribution < 1.29 is 14.3 Å². The average molecular weight is 249 g/mol. The number of ether oxygens (including phenoxy) is 1. The molecule has 0 radical (unpaired) electrons. The van der Waals surface area contributed by atoms with Crippen molar-refractivity contribution in [2.75, 3.05) is 20.2 Å². The number of nitrogens with zero attached hydrogens (tertiary/aromatic N) is 1. The second-order valence-electron chi connectivity index (χ2n) is 4.27. The van der Waals surface area contributed by atoms with Crippen LogP contribution in [0.5, 0.6) is 0 Å². The van der Waals surface area contributed by atoms with Gasteiger partial charge >= 0.3 is 5.97 Å². The van der Waals surface area contributed by atoms with Gasteiger partial charge in [-0.15, -0.1) is 0 Å². The molecular weight excluding hydrogens is 230 g/mol. The molecule has 1 amide bonds. The molecule has 0 saturated carbocycles. The first-order chi connectivity index (χ1) is 8.45. The maximum absolute atomic E-state index is 12.1. The van der Waals surface area contributed by atoms with Crippen LogP contribution in [-0.4, -0.2) is 37.0 Å². The highest BCUT2D eigenvalue weighted by molar-refractivity contribution is 5.96. The number of carbonyl (C=O) groups is 2. The monoisotopic (exact) mass is 249 g/mol. The smallest absolute Gasteiger partial charge is 0.325 e. The highest BCUT2D eigenvalue weighted by Gasteiger charge is 2.15. The van der Waals surface area contributed by atoms with Crippen molar-refractivity contribution in [3.05, 3.63) is 34.9 Å². The first kappa shape index (κ1) is 14.2. The molecule has 0 aromatic heterocycles. The van der Waals surface area contributed by atoms with Crippen molar-refractivity contribution in [1.82, 2.24) is 4.90 Å². The Kier molecular flexibility index (Phi) is 4.89. The summed E-state index contributed by atoms with van der Waals surface area (Å²) in [4.78, 5) is 24.7. The van der Waals surface area contributed by atoms with Crippen molar-refractivity contribution >= 4 is 11.9 Å². The van der Waals surface area contributed by atoms with Crippen LogP contribution >= 0.6 is 0 Å². The predicted molar refractivity (Wildman–Crippen MR) is 69.5 cm³/mol. The van der Waals surface area contributed by atoms with Crippen molar-refractivity contribution in [3.63, 3.8) is 0 Å². The van der Waals surface area contributed by atoms with Gasteiger partial charge in [0.2, 0.25) is 0 Å². The molecule has 1 aromatic carbocycles. The van der Waals surface area contributed by atoms with Crippen molar-refractivity contribution in [2.45, 2.75) is 20.8 Å². The van der Waals surface area contributed by atoms with E-state index in [0.29, 0.717) is 12.2 Å². The Bertz CT molecular complexity index is 454. The molecule has 4 heteroatoms. The quantitative estimate of drug-likeness (QED) is 0.766. The average Bonchev–Trinajstić information content (AvgIpc) is 2.32. The largest absolute Gasteiger partial charge is 0.465 e. The normalized spacial score (nSPS) is 10.0. The number of carbonyl (C=O) groups excluding carboxylic acids is 2. The Hall–Kier alpha value is -1.84. The van der Waals surface area contributed by atoms with Crippen LogP contribution < -0.4 is 0 Å². The lowest BCUT2D eigenvalue weighted by Gasteiger charge is -2.16. The fourth-order valence-electron chi connectivity index (χ4n) is 1.57. The van der Waals surface area contributed by atoms with Crippen LogP contribution in [0.3, 0.4) is 0 Å². The van der Waals surface area contributed by atoms with Gasteiger partial charge in [0, 0.05) is 12.6 Å². The number of hydrogen-bond donors (Lipinski definition) is 0. The van der Waals surface area contributed by atoms with Crippen molar-refractivity contribution in [2.24, 2.45) is 0 Å². The molecule has 1 rings (SSSR count). The van der Waals surface area contributed by atoms with Gasteiger partial charge in [0.1, 0.15) is 6.54 Å². The summed E-state index contributed by atoms with van der Waals surface area (Å²) in [7, 11) is 1.59. The molecule has 0 aliphatic heterocycles. The SMILES string of the molecule is CCOC(=O)CN(C)C(=O)c1ccc(C)c(C)c1. The van der Waals surface area contributed by atoms with Gasteiger partial charge in [-0.3, -0.25) is 9.59 Å². The number of amides is 1. The van der Waals surface area contributed by atoms with Gasteiger partial charge in [-0.25, -0.2) is 0 Å². The van der Waals surface area contributed by atoms with Crippen LogP contribution in [0.4, 0.5) is 0 Å². The van der Waals surface area contributed by atoms with Crippen LogP contribution in [0.2, 0.25) is 0 Å². The van der Waals surface area contributed by atoms with Crippen LogP contribution in [0, 0.1) is 13.8 Å². The maximum atomic E-state index is 12.1. The summed E-state index contributed by atoms with van der Waals surface area (Å²) in [5, 5.41) is 0. The first-order valence-corrected chi connectivity index (χ1v) is 5.94. The lowest BCUT2D eigenvalue weighted by atomic mass is 10.1. The van der Waals surface area contributed by atoms with E-state index >= 15 is 0 Å². The Morgan fingerprint density at radius 3 is 2.44 bits per heavy atom. The lowest BCUT2D eigenvalue weighted by Crippen LogP contribution is -2.33. The van der Waals surface area contributed by atoms with E-state index in [-0.39, 0.29) is 12.5 Å². The topological polar surface area (TPSA) is 46.6 Å². The second kappa shape index (κ2) is 6.19. The van der Waals surface area contributed by atoms with E-state index in [2.05, 4.69) is 0 Å². The zero-order valence-electron chi connectivity index (χ0n) is 11.3. The molecule has 0 bridgehead atoms. The number of rotatable bonds is 4. The summed E-state index contributed by atoms with van der Waals surface area (Å²) in [5.74, 6) is -0.566. The molecule has 98 valence electrons. The Balaban J connectivity index is 2.74. The molecule has 0 atom stereocenters. The first-order valence-electron chi connectivity index (χ1n) is 5.94. The molecular formula is C14H19NO3. The molecule has 4 nitrogen and oxygen atoms in total. The number of esters is 1. The number of aryl methyl sites for hydroxylation is 2. The fraction of sp³-hybridized carbons (Fsp3) is 0.429. The van der Waals surface area contributed by atoms with Gasteiger partial charge in [-0.05, 0) is 44.0 Å². The molecule has 0 heterocycles. The molecule has 0 N–H and O–H groups in total. The summed E-state index contributed by atoms with van der Waals surface area (Å²) in [5.41, 5.74) is 2.79. The molecule has 18 heavy (non-hydrogen) atoms. The molecule has 0 aliphatic rings. The Morgan fingerprint density at radius 1 is 1.22 bits per heavy atom. The van der Waals surface area contributed by atoms with E-state index in [1.165, 1.54) is 4.90 Å². The fourth-order valence-corrected chi connectivity index (χ4v) is 1.57. The zero-order valence-corrected chi connectivity index (χ0v) is 11.3. The van der Waals surface area contributed by atoms with E-state index < -0.39 is 5.97 Å². The number of benzene rings is 1. The van der Waals surface area contributed by atoms with Gasteiger partial charge in [0.05, 0.1) is 6.61 Å². The third-order valence-electron chi connectivity index (χ3n) is 2.77. The highest BCUT2D eigenvalue weighted by Crippen LogP contribution is 2.11. The van der Waals surface area contributed by atoms with Crippen LogP contribution in [0.15, 0.2) is 18.2 Å². The molecule has 0 saturated heterocycles. The Morgan fingerprint density at radius 2 is 1.89 bits per heavy atom. The Labute approximate surface area is 108 Å². The lowest BCUT2D eigenvalue weighted by molar-refractivity contribution is -0.143. The van der Waals surface area contributed by atoms with Gasteiger partial charge in [0.25, 0.3) is 5.91 Å². The van der Waals surface area contributed by atoms with E-state index in [4.69, 9.17) is 4.74 Å². The summed E-state index contributed by atoms with van der Waals surface area (Å²) < 4.78 is 4.81. The van der Waals surface area contributed by atoms with E-state index in [1.807, 2.05) is 26.0 Å². The van der Waals surface area contributed by atoms with Gasteiger partial charge in [-0.1, -0.05) is 6.07 Å². The summed E-state index contributed by atoms with van der Waals surface area (Å²) >= 11 is 0. The molecule has 1 aromatic rings. The van der Waals surface area contributed by atoms with Gasteiger partial charge in [0.15, 0.2) is 0 Å². The van der Waals surface area contributed by atoms with Crippen molar-refractivity contribution in [3.8, 4) is 0 Å². The van der Waals surface area contributed by atoms with Crippen LogP contribution in [-0.2, 0) is 9.53 Å². The molecule has 0 unspecified atom stereocenters. The molecule has 0 fully saturated rings. The van der Waals surface area contributed by atoms with Gasteiger partial charge < -0.3 is 9.64 Å². The number of likely N-dealkylation sites (N-methyl/N-ethyl adjacent to an activating group) is 1. The minimum absolute atomic E-state index is 0.0282. The van der Waals surface area contributed by atoms with Crippen LogP contribution in [0.25, 0.3) is 0 Å². The zero-order chi connectivity index (χ0) is 13.7. The minimum atomic E-state index is -0.391. The van der Waals surface area contributed by atoms with Gasteiger partial charge in [-0.2, -0.15) is 0 Å². The third-order valence-corrected chi connectivity index (χ3v) is 2.77. The third kappa shape index (κ3) is 3.58. The summed E-state index contributed by atoms with van der Waals surface area (Å²) in [6, 6.07) is 5.51. The predicted octanol–water partition coefficient (Wildman–Crippen LogP) is 1.94. The summed E-state index contributed by atoms with van der Waals surface area (Å²) in [6.45, 7) is 5.98. The van der Waals surface area contributed by atoms with Crippen LogP contribution in [0.1, 0.15) is 28.4 Å². The minimum Gasteiger partial charge on any atom is -0.465 e. The molecule has 0 spiro atoms. The van der Waals surface area contributed by atoms with E-state index in [0.717, 1.165) is 11.1 Å². The second-order valence-corrected chi connectivity index (χ2v) is 4.27. The molecule has 0 aliphatic carbocycles.